The average Bonchev–Trinajstić information content (AvgIpc) is 2.69. The number of piperazine rings is 1. The van der Waals surface area contributed by atoms with Crippen LogP contribution >= 0.6 is 11.8 Å². The first-order valence-corrected chi connectivity index (χ1v) is 9.51. The summed E-state index contributed by atoms with van der Waals surface area (Å²) in [6.07, 6.45) is 4.55. The highest BCUT2D eigenvalue weighted by molar-refractivity contribution is 6.13. The molecule has 2 aliphatic heterocycles. The third kappa shape index (κ3) is 3.90. The number of rotatable bonds is 4. The molecule has 0 radical (unpaired) electrons. The van der Waals surface area contributed by atoms with Crippen LogP contribution in [0.4, 0.5) is 17.5 Å². The number of aromatic nitrogens is 3. The molecule has 1 N–H and O–H groups in total. The van der Waals surface area contributed by atoms with Crippen molar-refractivity contribution in [1.29, 1.82) is 0 Å². The van der Waals surface area contributed by atoms with Gasteiger partial charge in [0.25, 0.3) is 0 Å². The SMILES string of the molecule is CCN1CCN(c2ccc(Nc3ncc4c(n3)CCN(Cl)C4)cn2)CC1. The molecule has 0 aliphatic carbocycles. The van der Waals surface area contributed by atoms with Crippen LogP contribution in [0.15, 0.2) is 24.5 Å². The van der Waals surface area contributed by atoms with Crippen LogP contribution in [0.2, 0.25) is 0 Å². The van der Waals surface area contributed by atoms with E-state index in [1.165, 1.54) is 0 Å². The van der Waals surface area contributed by atoms with Gasteiger partial charge in [-0.15, -0.1) is 0 Å². The van der Waals surface area contributed by atoms with Crippen molar-refractivity contribution in [3.8, 4) is 0 Å². The molecule has 0 unspecified atom stereocenters. The summed E-state index contributed by atoms with van der Waals surface area (Å²) in [5, 5.41) is 3.25. The average molecular weight is 374 g/mol. The number of hydrogen-bond donors (Lipinski definition) is 1. The minimum absolute atomic E-state index is 0.609. The van der Waals surface area contributed by atoms with Gasteiger partial charge in [-0.25, -0.2) is 19.4 Å². The number of hydrogen-bond acceptors (Lipinski definition) is 7. The summed E-state index contributed by atoms with van der Waals surface area (Å²) in [6, 6.07) is 4.10. The van der Waals surface area contributed by atoms with Gasteiger partial charge < -0.3 is 15.1 Å². The molecule has 26 heavy (non-hydrogen) atoms. The van der Waals surface area contributed by atoms with Crippen molar-refractivity contribution in [2.75, 3.05) is 49.5 Å². The summed E-state index contributed by atoms with van der Waals surface area (Å²) in [5.41, 5.74) is 3.06. The van der Waals surface area contributed by atoms with E-state index in [1.54, 1.807) is 4.42 Å². The molecule has 0 saturated carbocycles. The zero-order chi connectivity index (χ0) is 17.9. The van der Waals surface area contributed by atoms with Crippen LogP contribution in [0, 0.1) is 0 Å². The van der Waals surface area contributed by atoms with Crippen LogP contribution in [-0.2, 0) is 13.0 Å². The standard InChI is InChI=1S/C18H24ClN7/c1-2-24-7-9-25(10-8-24)17-4-3-15(12-20-17)22-18-21-11-14-13-26(19)6-5-16(14)23-18/h3-4,11-12H,2,5-10,13H2,1H3,(H,21,22,23). The maximum atomic E-state index is 6.06. The number of halogens is 1. The molecule has 1 fully saturated rings. The molecular weight excluding hydrogens is 350 g/mol. The van der Waals surface area contributed by atoms with Crippen molar-refractivity contribution in [3.63, 3.8) is 0 Å². The summed E-state index contributed by atoms with van der Waals surface area (Å²) in [7, 11) is 0. The van der Waals surface area contributed by atoms with Crippen LogP contribution in [0.3, 0.4) is 0 Å². The Balaban J connectivity index is 1.40. The Morgan fingerprint density at radius 2 is 1.92 bits per heavy atom. The summed E-state index contributed by atoms with van der Waals surface area (Å²) >= 11 is 6.06. The van der Waals surface area contributed by atoms with Gasteiger partial charge >= 0.3 is 0 Å². The predicted octanol–water partition coefficient (Wildman–Crippen LogP) is 2.27. The highest BCUT2D eigenvalue weighted by Crippen LogP contribution is 2.21. The number of likely N-dealkylation sites (N-methyl/N-ethyl adjacent to an activating group) is 1. The first kappa shape index (κ1) is 17.5. The third-order valence-electron chi connectivity index (χ3n) is 5.03. The fourth-order valence-electron chi connectivity index (χ4n) is 3.41. The molecule has 2 aromatic rings. The van der Waals surface area contributed by atoms with Gasteiger partial charge in [-0.05, 0) is 30.5 Å². The number of pyridine rings is 1. The highest BCUT2D eigenvalue weighted by Gasteiger charge is 2.18. The topological polar surface area (TPSA) is 60.4 Å². The van der Waals surface area contributed by atoms with Crippen molar-refractivity contribution >= 4 is 29.2 Å². The summed E-state index contributed by atoms with van der Waals surface area (Å²) in [6.45, 7) is 9.09. The van der Waals surface area contributed by atoms with Crippen molar-refractivity contribution in [1.82, 2.24) is 24.3 Å². The molecule has 0 atom stereocenters. The Kier molecular flexibility index (Phi) is 5.19. The third-order valence-corrected chi connectivity index (χ3v) is 5.32. The van der Waals surface area contributed by atoms with Gasteiger partial charge in [-0.3, -0.25) is 0 Å². The lowest BCUT2D eigenvalue weighted by Gasteiger charge is -2.34. The van der Waals surface area contributed by atoms with Gasteiger partial charge in [0.1, 0.15) is 5.82 Å². The maximum Gasteiger partial charge on any atom is 0.227 e. The second-order valence-corrected chi connectivity index (χ2v) is 7.19. The smallest absolute Gasteiger partial charge is 0.227 e. The molecule has 0 spiro atoms. The quantitative estimate of drug-likeness (QED) is 0.825. The van der Waals surface area contributed by atoms with E-state index in [9.17, 15) is 0 Å². The number of nitrogens with zero attached hydrogens (tertiary/aromatic N) is 6. The molecule has 4 rings (SSSR count). The van der Waals surface area contributed by atoms with Crippen LogP contribution in [0.25, 0.3) is 0 Å². The van der Waals surface area contributed by atoms with Gasteiger partial charge in [0, 0.05) is 57.4 Å². The normalized spacial score (nSPS) is 18.6. The lowest BCUT2D eigenvalue weighted by atomic mass is 10.1. The number of anilines is 3. The van der Waals surface area contributed by atoms with Crippen LogP contribution < -0.4 is 10.2 Å². The Labute approximate surface area is 159 Å². The largest absolute Gasteiger partial charge is 0.354 e. The van der Waals surface area contributed by atoms with Gasteiger partial charge in [0.15, 0.2) is 0 Å². The molecule has 0 bridgehead atoms. The molecular formula is C18H24ClN7. The number of nitrogens with one attached hydrogen (secondary N) is 1. The number of fused-ring (bicyclic) bond motifs is 1. The Bertz CT molecular complexity index is 744. The van der Waals surface area contributed by atoms with E-state index in [-0.39, 0.29) is 0 Å². The van der Waals surface area contributed by atoms with E-state index >= 15 is 0 Å². The molecule has 8 heteroatoms. The Morgan fingerprint density at radius 3 is 2.65 bits per heavy atom. The summed E-state index contributed by atoms with van der Waals surface area (Å²) in [4.78, 5) is 18.4. The summed E-state index contributed by atoms with van der Waals surface area (Å²) < 4.78 is 1.77. The van der Waals surface area contributed by atoms with E-state index in [1.807, 2.05) is 18.5 Å². The van der Waals surface area contributed by atoms with Crippen molar-refractivity contribution in [3.05, 3.63) is 35.8 Å². The molecule has 138 valence electrons. The lowest BCUT2D eigenvalue weighted by Crippen LogP contribution is -2.46. The fourth-order valence-corrected chi connectivity index (χ4v) is 3.62. The molecule has 2 aromatic heterocycles. The molecule has 0 aromatic carbocycles. The van der Waals surface area contributed by atoms with E-state index in [4.69, 9.17) is 11.8 Å². The van der Waals surface area contributed by atoms with Gasteiger partial charge in [0.2, 0.25) is 5.95 Å². The van der Waals surface area contributed by atoms with E-state index in [0.717, 1.165) is 68.5 Å². The first-order chi connectivity index (χ1) is 12.7. The Hall–Kier alpha value is -1.96. The van der Waals surface area contributed by atoms with E-state index < -0.39 is 0 Å². The second kappa shape index (κ2) is 7.73. The first-order valence-electron chi connectivity index (χ1n) is 9.17. The molecule has 2 aliphatic rings. The summed E-state index contributed by atoms with van der Waals surface area (Å²) in [5.74, 6) is 1.64. The monoisotopic (exact) mass is 373 g/mol. The second-order valence-electron chi connectivity index (χ2n) is 6.71. The maximum absolute atomic E-state index is 6.06. The zero-order valence-corrected chi connectivity index (χ0v) is 15.8. The van der Waals surface area contributed by atoms with Gasteiger partial charge in [-0.1, -0.05) is 6.92 Å². The predicted molar refractivity (Wildman–Crippen MR) is 104 cm³/mol. The van der Waals surface area contributed by atoms with Crippen molar-refractivity contribution < 1.29 is 0 Å². The van der Waals surface area contributed by atoms with E-state index in [2.05, 4.69) is 43.1 Å². The van der Waals surface area contributed by atoms with Crippen molar-refractivity contribution in [2.45, 2.75) is 19.9 Å². The fraction of sp³-hybridized carbons (Fsp3) is 0.500. The minimum Gasteiger partial charge on any atom is -0.354 e. The van der Waals surface area contributed by atoms with E-state index in [0.29, 0.717) is 12.5 Å². The van der Waals surface area contributed by atoms with Crippen LogP contribution in [-0.4, -0.2) is 63.5 Å². The van der Waals surface area contributed by atoms with Crippen LogP contribution in [0.5, 0.6) is 0 Å². The van der Waals surface area contributed by atoms with Gasteiger partial charge in [-0.2, -0.15) is 0 Å². The highest BCUT2D eigenvalue weighted by atomic mass is 35.5. The lowest BCUT2D eigenvalue weighted by molar-refractivity contribution is 0.270. The Morgan fingerprint density at radius 1 is 1.08 bits per heavy atom. The zero-order valence-electron chi connectivity index (χ0n) is 15.0. The molecule has 4 heterocycles. The molecule has 7 nitrogen and oxygen atoms in total. The van der Waals surface area contributed by atoms with Gasteiger partial charge in [0.05, 0.1) is 17.6 Å². The molecule has 0 amide bonds. The molecule has 1 saturated heterocycles. The minimum atomic E-state index is 0.609. The van der Waals surface area contributed by atoms with Crippen molar-refractivity contribution in [2.24, 2.45) is 0 Å². The van der Waals surface area contributed by atoms with Crippen LogP contribution in [0.1, 0.15) is 18.2 Å².